The lowest BCUT2D eigenvalue weighted by atomic mass is 9.93. The Bertz CT molecular complexity index is 474. The van der Waals surface area contributed by atoms with Gasteiger partial charge in [0.05, 0.1) is 18.8 Å². The molecule has 3 rings (SSSR count). The van der Waals surface area contributed by atoms with Crippen LogP contribution in [0.3, 0.4) is 0 Å². The summed E-state index contributed by atoms with van der Waals surface area (Å²) >= 11 is 1.83. The highest BCUT2D eigenvalue weighted by atomic mass is 32.2. The molecule has 7 heteroatoms. The van der Waals surface area contributed by atoms with Crippen molar-refractivity contribution in [3.05, 3.63) is 5.82 Å². The molecule has 1 aromatic heterocycles. The molecule has 0 radical (unpaired) electrons. The molecular formula is C14H24N4O2S. The SMILES string of the molecule is CCCn1c(CN)nnc1SC1CCOC2(CCOC2)C1. The first kappa shape index (κ1) is 15.3. The monoisotopic (exact) mass is 312 g/mol. The van der Waals surface area contributed by atoms with Gasteiger partial charge in [-0.25, -0.2) is 0 Å². The Kier molecular flexibility index (Phi) is 4.83. The lowest BCUT2D eigenvalue weighted by molar-refractivity contribution is -0.0770. The number of aromatic nitrogens is 3. The second-order valence-corrected chi connectivity index (χ2v) is 7.09. The minimum Gasteiger partial charge on any atom is -0.378 e. The Morgan fingerprint density at radius 2 is 2.33 bits per heavy atom. The van der Waals surface area contributed by atoms with E-state index in [0.717, 1.165) is 63.0 Å². The van der Waals surface area contributed by atoms with E-state index >= 15 is 0 Å². The van der Waals surface area contributed by atoms with Crippen molar-refractivity contribution in [2.75, 3.05) is 19.8 Å². The van der Waals surface area contributed by atoms with Gasteiger partial charge in [-0.1, -0.05) is 18.7 Å². The van der Waals surface area contributed by atoms with Crippen molar-refractivity contribution in [2.45, 2.75) is 61.7 Å². The molecule has 1 spiro atoms. The first-order valence-electron chi connectivity index (χ1n) is 7.77. The molecule has 2 atom stereocenters. The van der Waals surface area contributed by atoms with Crippen molar-refractivity contribution < 1.29 is 9.47 Å². The third kappa shape index (κ3) is 3.26. The summed E-state index contributed by atoms with van der Waals surface area (Å²) in [5.41, 5.74) is 5.70. The Hall–Kier alpha value is -0.630. The van der Waals surface area contributed by atoms with Gasteiger partial charge in [0.1, 0.15) is 5.82 Å². The van der Waals surface area contributed by atoms with Crippen molar-refractivity contribution in [1.82, 2.24) is 14.8 Å². The molecule has 0 bridgehead atoms. The lowest BCUT2D eigenvalue weighted by Crippen LogP contribution is -2.41. The summed E-state index contributed by atoms with van der Waals surface area (Å²) in [7, 11) is 0. The van der Waals surface area contributed by atoms with E-state index in [1.165, 1.54) is 0 Å². The van der Waals surface area contributed by atoms with Crippen LogP contribution < -0.4 is 5.73 Å². The summed E-state index contributed by atoms with van der Waals surface area (Å²) < 4.78 is 13.7. The van der Waals surface area contributed by atoms with Crippen LogP contribution in [0.4, 0.5) is 0 Å². The Morgan fingerprint density at radius 1 is 1.43 bits per heavy atom. The average Bonchev–Trinajstić information content (AvgIpc) is 3.08. The van der Waals surface area contributed by atoms with E-state index in [2.05, 4.69) is 21.7 Å². The number of hydrogen-bond donors (Lipinski definition) is 1. The molecule has 0 saturated carbocycles. The van der Waals surface area contributed by atoms with E-state index in [9.17, 15) is 0 Å². The molecule has 118 valence electrons. The van der Waals surface area contributed by atoms with Gasteiger partial charge in [0, 0.05) is 31.4 Å². The Morgan fingerprint density at radius 3 is 3.05 bits per heavy atom. The molecule has 2 unspecified atom stereocenters. The summed E-state index contributed by atoms with van der Waals surface area (Å²) in [6.45, 7) is 5.90. The molecule has 1 aromatic rings. The van der Waals surface area contributed by atoms with Gasteiger partial charge in [-0.05, 0) is 19.3 Å². The number of nitrogens with two attached hydrogens (primary N) is 1. The first-order chi connectivity index (χ1) is 10.3. The van der Waals surface area contributed by atoms with Crippen LogP contribution in [0.25, 0.3) is 0 Å². The van der Waals surface area contributed by atoms with E-state index in [-0.39, 0.29) is 5.60 Å². The minimum absolute atomic E-state index is 0.0534. The van der Waals surface area contributed by atoms with Gasteiger partial charge in [0.25, 0.3) is 0 Å². The van der Waals surface area contributed by atoms with Gasteiger partial charge in [0.15, 0.2) is 5.16 Å². The number of nitrogens with zero attached hydrogens (tertiary/aromatic N) is 3. The summed E-state index contributed by atoms with van der Waals surface area (Å²) in [5, 5.41) is 10.1. The van der Waals surface area contributed by atoms with Gasteiger partial charge in [-0.15, -0.1) is 10.2 Å². The summed E-state index contributed by atoms with van der Waals surface area (Å²) in [4.78, 5) is 0. The van der Waals surface area contributed by atoms with Gasteiger partial charge in [-0.2, -0.15) is 0 Å². The molecule has 0 aromatic carbocycles. The van der Waals surface area contributed by atoms with E-state index in [0.29, 0.717) is 11.8 Å². The maximum absolute atomic E-state index is 6.00. The van der Waals surface area contributed by atoms with Crippen molar-refractivity contribution in [1.29, 1.82) is 0 Å². The second kappa shape index (κ2) is 6.64. The molecule has 2 N–H and O–H groups in total. The van der Waals surface area contributed by atoms with E-state index < -0.39 is 0 Å². The highest BCUT2D eigenvalue weighted by Gasteiger charge is 2.41. The Balaban J connectivity index is 1.69. The van der Waals surface area contributed by atoms with Crippen molar-refractivity contribution in [3.8, 4) is 0 Å². The third-order valence-corrected chi connectivity index (χ3v) is 5.46. The van der Waals surface area contributed by atoms with Crippen LogP contribution in [0.15, 0.2) is 5.16 Å². The summed E-state index contributed by atoms with van der Waals surface area (Å²) in [6.07, 6.45) is 4.17. The van der Waals surface area contributed by atoms with Gasteiger partial charge in [0.2, 0.25) is 0 Å². The maximum Gasteiger partial charge on any atom is 0.191 e. The van der Waals surface area contributed by atoms with Crippen LogP contribution in [-0.4, -0.2) is 45.4 Å². The predicted octanol–water partition coefficient (Wildman–Crippen LogP) is 1.58. The smallest absolute Gasteiger partial charge is 0.191 e. The predicted molar refractivity (Wildman–Crippen MR) is 81.2 cm³/mol. The normalized spacial score (nSPS) is 29.3. The molecule has 0 aliphatic carbocycles. The van der Waals surface area contributed by atoms with Crippen LogP contribution in [0.1, 0.15) is 38.4 Å². The van der Waals surface area contributed by atoms with Crippen molar-refractivity contribution in [3.63, 3.8) is 0 Å². The maximum atomic E-state index is 6.00. The fourth-order valence-electron chi connectivity index (χ4n) is 3.10. The van der Waals surface area contributed by atoms with Crippen LogP contribution in [0.5, 0.6) is 0 Å². The standard InChI is InChI=1S/C14H24N4O2S/c1-2-5-18-12(9-15)16-17-13(18)21-11-3-6-20-14(8-11)4-7-19-10-14/h11H,2-10,15H2,1H3. The lowest BCUT2D eigenvalue weighted by Gasteiger charge is -2.36. The zero-order valence-electron chi connectivity index (χ0n) is 12.6. The van der Waals surface area contributed by atoms with Gasteiger partial charge >= 0.3 is 0 Å². The van der Waals surface area contributed by atoms with E-state index in [1.807, 2.05) is 11.8 Å². The molecule has 3 heterocycles. The zero-order chi connectivity index (χ0) is 14.7. The Labute approximate surface area is 129 Å². The zero-order valence-corrected chi connectivity index (χ0v) is 13.4. The van der Waals surface area contributed by atoms with Crippen LogP contribution >= 0.6 is 11.8 Å². The van der Waals surface area contributed by atoms with Crippen LogP contribution in [0, 0.1) is 0 Å². The third-order valence-electron chi connectivity index (χ3n) is 4.21. The molecule has 0 amide bonds. The highest BCUT2D eigenvalue weighted by Crippen LogP contribution is 2.39. The quantitative estimate of drug-likeness (QED) is 0.889. The molecule has 21 heavy (non-hydrogen) atoms. The first-order valence-corrected chi connectivity index (χ1v) is 8.65. The van der Waals surface area contributed by atoms with Gasteiger partial charge in [-0.3, -0.25) is 0 Å². The van der Waals surface area contributed by atoms with Crippen molar-refractivity contribution >= 4 is 11.8 Å². The number of ether oxygens (including phenoxy) is 2. The fraction of sp³-hybridized carbons (Fsp3) is 0.857. The average molecular weight is 312 g/mol. The largest absolute Gasteiger partial charge is 0.378 e. The minimum atomic E-state index is -0.0534. The van der Waals surface area contributed by atoms with Gasteiger partial charge < -0.3 is 19.8 Å². The molecule has 2 aliphatic heterocycles. The van der Waals surface area contributed by atoms with Crippen molar-refractivity contribution in [2.24, 2.45) is 5.73 Å². The van der Waals surface area contributed by atoms with E-state index in [4.69, 9.17) is 15.2 Å². The second-order valence-electron chi connectivity index (χ2n) is 5.82. The highest BCUT2D eigenvalue weighted by molar-refractivity contribution is 7.99. The molecule has 2 aliphatic rings. The number of thioether (sulfide) groups is 1. The molecule has 2 saturated heterocycles. The van der Waals surface area contributed by atoms with Crippen LogP contribution in [-0.2, 0) is 22.6 Å². The van der Waals surface area contributed by atoms with Crippen LogP contribution in [0.2, 0.25) is 0 Å². The fourth-order valence-corrected chi connectivity index (χ4v) is 4.41. The number of hydrogen-bond acceptors (Lipinski definition) is 6. The summed E-state index contributed by atoms with van der Waals surface area (Å²) in [6, 6.07) is 0. The summed E-state index contributed by atoms with van der Waals surface area (Å²) in [5.74, 6) is 0.880. The molecule has 2 fully saturated rings. The number of rotatable bonds is 5. The topological polar surface area (TPSA) is 75.2 Å². The van der Waals surface area contributed by atoms with E-state index in [1.54, 1.807) is 0 Å². The molecular weight excluding hydrogens is 288 g/mol. The molecule has 6 nitrogen and oxygen atoms in total.